The number of hydrogen-bond donors (Lipinski definition) is 2. The lowest BCUT2D eigenvalue weighted by Gasteiger charge is -2.38. The van der Waals surface area contributed by atoms with Crippen LogP contribution in [0.3, 0.4) is 0 Å². The third-order valence-corrected chi connectivity index (χ3v) is 5.88. The van der Waals surface area contributed by atoms with Gasteiger partial charge in [-0.1, -0.05) is 23.7 Å². The summed E-state index contributed by atoms with van der Waals surface area (Å²) in [5.74, 6) is 2.28. The lowest BCUT2D eigenvalue weighted by atomic mass is 9.74. The molecule has 0 saturated carbocycles. The van der Waals surface area contributed by atoms with Crippen LogP contribution in [0.25, 0.3) is 0 Å². The molecule has 1 heterocycles. The van der Waals surface area contributed by atoms with Crippen molar-refractivity contribution in [3.8, 4) is 11.5 Å². The van der Waals surface area contributed by atoms with Gasteiger partial charge in [0.25, 0.3) is 0 Å². The molecule has 0 aromatic heterocycles. The van der Waals surface area contributed by atoms with Crippen molar-refractivity contribution in [2.75, 3.05) is 41.0 Å². The van der Waals surface area contributed by atoms with Crippen LogP contribution in [0.2, 0.25) is 5.02 Å². The summed E-state index contributed by atoms with van der Waals surface area (Å²) in [5.41, 5.74) is 2.22. The van der Waals surface area contributed by atoms with Gasteiger partial charge in [0.2, 0.25) is 0 Å². The van der Waals surface area contributed by atoms with Gasteiger partial charge in [0.05, 0.1) is 14.2 Å². The molecule has 2 N–H and O–H groups in total. The molecule has 0 spiro atoms. The van der Waals surface area contributed by atoms with Gasteiger partial charge in [-0.05, 0) is 42.7 Å². The number of ether oxygens (including phenoxy) is 3. The van der Waals surface area contributed by atoms with E-state index in [0.29, 0.717) is 6.54 Å². The van der Waals surface area contributed by atoms with Crippen LogP contribution in [0.4, 0.5) is 0 Å². The topological polar surface area (TPSA) is 64.1 Å². The zero-order valence-corrected chi connectivity index (χ0v) is 18.6. The lowest BCUT2D eigenvalue weighted by molar-refractivity contribution is 0.0514. The van der Waals surface area contributed by atoms with Crippen molar-refractivity contribution < 1.29 is 14.2 Å². The fourth-order valence-electron chi connectivity index (χ4n) is 3.80. The second-order valence-corrected chi connectivity index (χ2v) is 7.80. The summed E-state index contributed by atoms with van der Waals surface area (Å²) in [6.07, 6.45) is 1.87. The van der Waals surface area contributed by atoms with Crippen LogP contribution in [0.5, 0.6) is 11.5 Å². The van der Waals surface area contributed by atoms with Gasteiger partial charge >= 0.3 is 0 Å². The van der Waals surface area contributed by atoms with E-state index in [1.165, 1.54) is 5.56 Å². The lowest BCUT2D eigenvalue weighted by Crippen LogP contribution is -2.47. The molecule has 0 bridgehead atoms. The molecule has 6 nitrogen and oxygen atoms in total. The van der Waals surface area contributed by atoms with Gasteiger partial charge in [0.1, 0.15) is 11.5 Å². The van der Waals surface area contributed by atoms with E-state index in [1.54, 1.807) is 21.3 Å². The van der Waals surface area contributed by atoms with Crippen LogP contribution in [-0.4, -0.2) is 47.0 Å². The molecule has 3 rings (SSSR count). The van der Waals surface area contributed by atoms with Crippen molar-refractivity contribution in [3.63, 3.8) is 0 Å². The second kappa shape index (κ2) is 10.5. The molecule has 1 aliphatic heterocycles. The van der Waals surface area contributed by atoms with E-state index in [-0.39, 0.29) is 5.41 Å². The Hall–Kier alpha value is -2.44. The first-order valence-corrected chi connectivity index (χ1v) is 10.5. The van der Waals surface area contributed by atoms with E-state index >= 15 is 0 Å². The molecule has 0 unspecified atom stereocenters. The van der Waals surface area contributed by atoms with Crippen LogP contribution in [0.1, 0.15) is 24.0 Å². The largest absolute Gasteiger partial charge is 0.497 e. The smallest absolute Gasteiger partial charge is 0.191 e. The average molecular weight is 432 g/mol. The standard InChI is InChI=1S/C23H30ClN3O3/c1-25-22(26-15-17-7-8-20(28-2)14-21(17)29-3)27-16-23(9-11-30-12-10-23)18-5-4-6-19(24)13-18/h4-8,13-14H,9-12,15-16H2,1-3H3,(H2,25,26,27). The van der Waals surface area contributed by atoms with Crippen LogP contribution >= 0.6 is 11.6 Å². The second-order valence-electron chi connectivity index (χ2n) is 7.36. The number of halogens is 1. The van der Waals surface area contributed by atoms with Gasteiger partial charge in [0, 0.05) is 55.4 Å². The molecule has 1 fully saturated rings. The normalized spacial score (nSPS) is 16.1. The minimum atomic E-state index is -0.0431. The Morgan fingerprint density at radius 2 is 1.90 bits per heavy atom. The van der Waals surface area contributed by atoms with Crippen molar-refractivity contribution in [1.29, 1.82) is 0 Å². The summed E-state index contributed by atoms with van der Waals surface area (Å²) in [4.78, 5) is 4.39. The summed E-state index contributed by atoms with van der Waals surface area (Å²) in [7, 11) is 5.08. The molecule has 1 aliphatic rings. The quantitative estimate of drug-likeness (QED) is 0.516. The molecule has 0 radical (unpaired) electrons. The maximum atomic E-state index is 6.28. The molecular formula is C23H30ClN3O3. The maximum absolute atomic E-state index is 6.28. The zero-order valence-electron chi connectivity index (χ0n) is 17.8. The first-order valence-electron chi connectivity index (χ1n) is 10.1. The Labute approximate surface area is 183 Å². The molecule has 0 amide bonds. The number of nitrogens with one attached hydrogen (secondary N) is 2. The molecule has 162 valence electrons. The number of guanidine groups is 1. The van der Waals surface area contributed by atoms with Crippen LogP contribution < -0.4 is 20.1 Å². The number of nitrogens with zero attached hydrogens (tertiary/aromatic N) is 1. The van der Waals surface area contributed by atoms with E-state index in [4.69, 9.17) is 25.8 Å². The van der Waals surface area contributed by atoms with Gasteiger partial charge in [-0.25, -0.2) is 0 Å². The number of benzene rings is 2. The molecule has 30 heavy (non-hydrogen) atoms. The fraction of sp³-hybridized carbons (Fsp3) is 0.435. The Kier molecular flexibility index (Phi) is 7.82. The van der Waals surface area contributed by atoms with Crippen LogP contribution in [0, 0.1) is 0 Å². The fourth-order valence-corrected chi connectivity index (χ4v) is 3.99. The van der Waals surface area contributed by atoms with Gasteiger partial charge in [-0.3, -0.25) is 4.99 Å². The summed E-state index contributed by atoms with van der Waals surface area (Å²) in [5, 5.41) is 7.64. The highest BCUT2D eigenvalue weighted by atomic mass is 35.5. The van der Waals surface area contributed by atoms with E-state index in [1.807, 2.05) is 30.3 Å². The van der Waals surface area contributed by atoms with Crippen molar-refractivity contribution in [1.82, 2.24) is 10.6 Å². The zero-order chi connectivity index (χ0) is 21.4. The monoisotopic (exact) mass is 431 g/mol. The summed E-state index contributed by atoms with van der Waals surface area (Å²) >= 11 is 6.28. The van der Waals surface area contributed by atoms with E-state index in [2.05, 4.69) is 27.8 Å². The van der Waals surface area contributed by atoms with Crippen LogP contribution in [0.15, 0.2) is 47.5 Å². The summed E-state index contributed by atoms with van der Waals surface area (Å²) in [6.45, 7) is 2.81. The predicted molar refractivity (Wildman–Crippen MR) is 121 cm³/mol. The first-order chi connectivity index (χ1) is 14.6. The minimum absolute atomic E-state index is 0.0431. The molecule has 1 saturated heterocycles. The molecule has 2 aromatic rings. The van der Waals surface area contributed by atoms with Crippen molar-refractivity contribution in [3.05, 3.63) is 58.6 Å². The van der Waals surface area contributed by atoms with Gasteiger partial charge in [0.15, 0.2) is 5.96 Å². The average Bonchev–Trinajstić information content (AvgIpc) is 2.79. The third kappa shape index (κ3) is 5.37. The Bertz CT molecular complexity index is 867. The number of rotatable bonds is 7. The van der Waals surface area contributed by atoms with Crippen molar-refractivity contribution in [2.45, 2.75) is 24.8 Å². The van der Waals surface area contributed by atoms with E-state index in [0.717, 1.165) is 60.6 Å². The Morgan fingerprint density at radius 1 is 1.10 bits per heavy atom. The Morgan fingerprint density at radius 3 is 2.57 bits per heavy atom. The van der Waals surface area contributed by atoms with Gasteiger partial charge < -0.3 is 24.8 Å². The third-order valence-electron chi connectivity index (χ3n) is 5.65. The van der Waals surface area contributed by atoms with Crippen molar-refractivity contribution >= 4 is 17.6 Å². The van der Waals surface area contributed by atoms with Crippen LogP contribution in [-0.2, 0) is 16.7 Å². The SMILES string of the molecule is CN=C(NCc1ccc(OC)cc1OC)NCC1(c2cccc(Cl)c2)CCOCC1. The molecule has 7 heteroatoms. The van der Waals surface area contributed by atoms with E-state index < -0.39 is 0 Å². The molecule has 2 aromatic carbocycles. The highest BCUT2D eigenvalue weighted by Gasteiger charge is 2.34. The first kappa shape index (κ1) is 22.2. The molecular weight excluding hydrogens is 402 g/mol. The Balaban J connectivity index is 1.68. The molecule has 0 atom stereocenters. The number of methoxy groups -OCH3 is 2. The minimum Gasteiger partial charge on any atom is -0.497 e. The van der Waals surface area contributed by atoms with E-state index in [9.17, 15) is 0 Å². The predicted octanol–water partition coefficient (Wildman–Crippen LogP) is 3.77. The van der Waals surface area contributed by atoms with Gasteiger partial charge in [-0.2, -0.15) is 0 Å². The van der Waals surface area contributed by atoms with Gasteiger partial charge in [-0.15, -0.1) is 0 Å². The maximum Gasteiger partial charge on any atom is 0.191 e. The number of hydrogen-bond acceptors (Lipinski definition) is 4. The van der Waals surface area contributed by atoms with Crippen molar-refractivity contribution in [2.24, 2.45) is 4.99 Å². The highest BCUT2D eigenvalue weighted by Crippen LogP contribution is 2.35. The summed E-state index contributed by atoms with van der Waals surface area (Å²) in [6, 6.07) is 13.9. The number of aliphatic imine (C=N–C) groups is 1. The summed E-state index contributed by atoms with van der Waals surface area (Å²) < 4.78 is 16.4. The highest BCUT2D eigenvalue weighted by molar-refractivity contribution is 6.30. The molecule has 0 aliphatic carbocycles.